The Bertz CT molecular complexity index is 836. The van der Waals surface area contributed by atoms with Crippen molar-refractivity contribution in [1.82, 2.24) is 4.68 Å². The standard InChI is InChI=1S/C14H11N5O/c1-8-3-2-4-9(5-8)12-10(6-15)13(17)19(18)14(20)11(12)7-16/h2-5H,17-18H2,1H3. The van der Waals surface area contributed by atoms with Gasteiger partial charge in [-0.1, -0.05) is 29.8 Å². The Balaban J connectivity index is 3.00. The van der Waals surface area contributed by atoms with E-state index in [4.69, 9.17) is 11.6 Å². The second kappa shape index (κ2) is 4.79. The third-order valence-electron chi connectivity index (χ3n) is 2.98. The summed E-state index contributed by atoms with van der Waals surface area (Å²) < 4.78 is 0.621. The Morgan fingerprint density at radius 1 is 1.20 bits per heavy atom. The molecule has 0 amide bonds. The predicted molar refractivity (Wildman–Crippen MR) is 74.9 cm³/mol. The van der Waals surface area contributed by atoms with Crippen molar-refractivity contribution in [3.05, 3.63) is 51.3 Å². The average molecular weight is 265 g/mol. The Kier molecular flexibility index (Phi) is 3.16. The highest BCUT2D eigenvalue weighted by Crippen LogP contribution is 2.28. The van der Waals surface area contributed by atoms with Gasteiger partial charge in [-0.3, -0.25) is 4.79 Å². The molecule has 4 N–H and O–H groups in total. The van der Waals surface area contributed by atoms with Crippen LogP contribution in [0.1, 0.15) is 16.7 Å². The lowest BCUT2D eigenvalue weighted by molar-refractivity contribution is 0.942. The molecule has 0 spiro atoms. The minimum Gasteiger partial charge on any atom is -0.382 e. The number of nitrogens with two attached hydrogens (primary N) is 2. The number of benzene rings is 1. The molecule has 1 aromatic heterocycles. The van der Waals surface area contributed by atoms with E-state index in [1.165, 1.54) is 0 Å². The highest BCUT2D eigenvalue weighted by Gasteiger charge is 2.20. The number of nitrogens with zero attached hydrogens (tertiary/aromatic N) is 3. The van der Waals surface area contributed by atoms with E-state index in [2.05, 4.69) is 0 Å². The van der Waals surface area contributed by atoms with Crippen LogP contribution < -0.4 is 17.1 Å². The van der Waals surface area contributed by atoms with Crippen LogP contribution in [0.15, 0.2) is 29.1 Å². The van der Waals surface area contributed by atoms with Gasteiger partial charge in [0.15, 0.2) is 0 Å². The second-order valence-corrected chi connectivity index (χ2v) is 4.28. The number of aromatic nitrogens is 1. The van der Waals surface area contributed by atoms with E-state index in [0.29, 0.717) is 10.2 Å². The lowest BCUT2D eigenvalue weighted by Crippen LogP contribution is -2.33. The van der Waals surface area contributed by atoms with Gasteiger partial charge in [0.25, 0.3) is 5.56 Å². The lowest BCUT2D eigenvalue weighted by atomic mass is 9.95. The summed E-state index contributed by atoms with van der Waals surface area (Å²) in [6, 6.07) is 10.8. The molecule has 0 aliphatic carbocycles. The van der Waals surface area contributed by atoms with Crippen LogP contribution in [0.25, 0.3) is 11.1 Å². The summed E-state index contributed by atoms with van der Waals surface area (Å²) in [5, 5.41) is 18.5. The number of anilines is 1. The van der Waals surface area contributed by atoms with Gasteiger partial charge in [0.1, 0.15) is 29.1 Å². The summed E-state index contributed by atoms with van der Waals surface area (Å²) >= 11 is 0. The van der Waals surface area contributed by atoms with Crippen molar-refractivity contribution in [1.29, 1.82) is 10.5 Å². The van der Waals surface area contributed by atoms with Gasteiger partial charge < -0.3 is 11.6 Å². The van der Waals surface area contributed by atoms with Crippen LogP contribution in [0.4, 0.5) is 5.82 Å². The maximum absolute atomic E-state index is 12.0. The molecule has 98 valence electrons. The second-order valence-electron chi connectivity index (χ2n) is 4.28. The fourth-order valence-corrected chi connectivity index (χ4v) is 2.02. The Morgan fingerprint density at radius 3 is 2.40 bits per heavy atom. The van der Waals surface area contributed by atoms with Crippen LogP contribution in [0.3, 0.4) is 0 Å². The van der Waals surface area contributed by atoms with Gasteiger partial charge in [-0.05, 0) is 12.5 Å². The molecule has 6 heteroatoms. The summed E-state index contributed by atoms with van der Waals surface area (Å²) in [5.41, 5.74) is 6.56. The summed E-state index contributed by atoms with van der Waals surface area (Å²) in [6.45, 7) is 1.87. The van der Waals surface area contributed by atoms with Crippen LogP contribution in [-0.2, 0) is 0 Å². The first-order chi connectivity index (χ1) is 9.51. The van der Waals surface area contributed by atoms with E-state index in [-0.39, 0.29) is 22.5 Å². The number of hydrogen-bond donors (Lipinski definition) is 2. The molecule has 2 aromatic rings. The molecule has 0 saturated heterocycles. The van der Waals surface area contributed by atoms with E-state index in [0.717, 1.165) is 5.56 Å². The van der Waals surface area contributed by atoms with Gasteiger partial charge in [-0.25, -0.2) is 4.68 Å². The molecular weight excluding hydrogens is 254 g/mol. The van der Waals surface area contributed by atoms with Crippen LogP contribution in [0.5, 0.6) is 0 Å². The van der Waals surface area contributed by atoms with Gasteiger partial charge in [0, 0.05) is 5.56 Å². The molecular formula is C14H11N5O. The van der Waals surface area contributed by atoms with Crippen LogP contribution in [-0.4, -0.2) is 4.68 Å². The fraction of sp³-hybridized carbons (Fsp3) is 0.0714. The van der Waals surface area contributed by atoms with Gasteiger partial charge >= 0.3 is 0 Å². The van der Waals surface area contributed by atoms with E-state index in [9.17, 15) is 15.3 Å². The number of aryl methyl sites for hydroxylation is 1. The van der Waals surface area contributed by atoms with Crippen molar-refractivity contribution >= 4 is 5.82 Å². The molecule has 0 fully saturated rings. The average Bonchev–Trinajstić information content (AvgIpc) is 2.44. The molecule has 6 nitrogen and oxygen atoms in total. The number of nitriles is 2. The maximum atomic E-state index is 12.0. The van der Waals surface area contributed by atoms with E-state index < -0.39 is 5.56 Å². The van der Waals surface area contributed by atoms with Crippen LogP contribution in [0.2, 0.25) is 0 Å². The van der Waals surface area contributed by atoms with Gasteiger partial charge in [-0.2, -0.15) is 10.5 Å². The summed E-state index contributed by atoms with van der Waals surface area (Å²) in [4.78, 5) is 12.0. The Labute approximate surface area is 115 Å². The zero-order valence-corrected chi connectivity index (χ0v) is 10.7. The van der Waals surface area contributed by atoms with Crippen LogP contribution in [0, 0.1) is 29.6 Å². The molecule has 2 rings (SSSR count). The molecule has 1 aromatic carbocycles. The van der Waals surface area contributed by atoms with Gasteiger partial charge in [0.2, 0.25) is 0 Å². The monoisotopic (exact) mass is 265 g/mol. The smallest absolute Gasteiger partial charge is 0.289 e. The van der Waals surface area contributed by atoms with Crippen molar-refractivity contribution < 1.29 is 0 Å². The minimum absolute atomic E-state index is 0.0225. The first-order valence-electron chi connectivity index (χ1n) is 5.72. The highest BCUT2D eigenvalue weighted by molar-refractivity contribution is 5.80. The summed E-state index contributed by atoms with van der Waals surface area (Å²) in [7, 11) is 0. The van der Waals surface area contributed by atoms with Crippen LogP contribution >= 0.6 is 0 Å². The van der Waals surface area contributed by atoms with Crippen molar-refractivity contribution in [3.63, 3.8) is 0 Å². The lowest BCUT2D eigenvalue weighted by Gasteiger charge is -2.12. The fourth-order valence-electron chi connectivity index (χ4n) is 2.02. The number of pyridine rings is 1. The van der Waals surface area contributed by atoms with Crippen molar-refractivity contribution in [2.45, 2.75) is 6.92 Å². The first-order valence-corrected chi connectivity index (χ1v) is 5.72. The number of rotatable bonds is 1. The van der Waals surface area contributed by atoms with E-state index in [1.54, 1.807) is 24.3 Å². The predicted octanol–water partition coefficient (Wildman–Crippen LogP) is 0.863. The molecule has 0 bridgehead atoms. The number of hydrogen-bond acceptors (Lipinski definition) is 5. The largest absolute Gasteiger partial charge is 0.382 e. The normalized spacial score (nSPS) is 9.75. The molecule has 0 radical (unpaired) electrons. The molecule has 20 heavy (non-hydrogen) atoms. The maximum Gasteiger partial charge on any atom is 0.289 e. The summed E-state index contributed by atoms with van der Waals surface area (Å²) in [5.74, 6) is 5.33. The van der Waals surface area contributed by atoms with E-state index in [1.807, 2.05) is 19.1 Å². The van der Waals surface area contributed by atoms with Crippen molar-refractivity contribution in [2.75, 3.05) is 11.6 Å². The Hall–Kier alpha value is -3.25. The third kappa shape index (κ3) is 1.86. The topological polar surface area (TPSA) is 122 Å². The molecule has 0 saturated carbocycles. The Morgan fingerprint density at radius 2 is 1.85 bits per heavy atom. The van der Waals surface area contributed by atoms with Gasteiger partial charge in [0.05, 0.1) is 0 Å². The summed E-state index contributed by atoms with van der Waals surface area (Å²) in [6.07, 6.45) is 0. The molecule has 0 aliphatic heterocycles. The zero-order valence-electron chi connectivity index (χ0n) is 10.7. The van der Waals surface area contributed by atoms with Crippen molar-refractivity contribution in [3.8, 4) is 23.3 Å². The zero-order chi connectivity index (χ0) is 14.9. The minimum atomic E-state index is -0.722. The first kappa shape index (κ1) is 13.2. The molecule has 0 unspecified atom stereocenters. The SMILES string of the molecule is Cc1cccc(-c2c(C#N)c(N)n(N)c(=O)c2C#N)c1. The molecule has 0 atom stereocenters. The molecule has 0 aliphatic rings. The van der Waals surface area contributed by atoms with Gasteiger partial charge in [-0.15, -0.1) is 0 Å². The van der Waals surface area contributed by atoms with Crippen molar-refractivity contribution in [2.24, 2.45) is 0 Å². The molecule has 1 heterocycles. The number of nitrogen functional groups attached to an aromatic ring is 2. The third-order valence-corrected chi connectivity index (χ3v) is 2.98. The highest BCUT2D eigenvalue weighted by atomic mass is 16.1. The van der Waals surface area contributed by atoms with E-state index >= 15 is 0 Å². The quantitative estimate of drug-likeness (QED) is 0.740.